The number of ether oxygens (including phenoxy) is 1. The average molecular weight is 379 g/mol. The van der Waals surface area contributed by atoms with Crippen LogP contribution in [-0.4, -0.2) is 85.1 Å². The molecule has 140 valence electrons. The van der Waals surface area contributed by atoms with E-state index in [0.29, 0.717) is 39.4 Å². The van der Waals surface area contributed by atoms with Gasteiger partial charge in [0.05, 0.1) is 25.7 Å². The summed E-state index contributed by atoms with van der Waals surface area (Å²) in [6.45, 7) is 4.97. The van der Waals surface area contributed by atoms with Crippen LogP contribution in [0.2, 0.25) is 0 Å². The van der Waals surface area contributed by atoms with E-state index in [9.17, 15) is 8.42 Å². The standard InChI is InChI=1S/C15H21N7O3S/c23-26(24,15-10-16-11-19-15)22-3-1-20(2-4-22)13-9-14(18-12-17-13)21-5-7-25-8-6-21/h9-12H,1-8H2,(H,16,19). The van der Waals surface area contributed by atoms with Crippen LogP contribution in [0.4, 0.5) is 11.6 Å². The molecule has 2 saturated heterocycles. The molecule has 0 amide bonds. The van der Waals surface area contributed by atoms with E-state index in [-0.39, 0.29) is 5.03 Å². The second kappa shape index (κ2) is 7.17. The molecule has 4 heterocycles. The number of rotatable bonds is 4. The van der Waals surface area contributed by atoms with E-state index >= 15 is 0 Å². The molecule has 0 aliphatic carbocycles. The Labute approximate surface area is 151 Å². The van der Waals surface area contributed by atoms with Gasteiger partial charge in [0, 0.05) is 45.3 Å². The van der Waals surface area contributed by atoms with E-state index in [0.717, 1.165) is 24.7 Å². The van der Waals surface area contributed by atoms with Crippen molar-refractivity contribution < 1.29 is 13.2 Å². The third-order valence-corrected chi connectivity index (χ3v) is 6.45. The zero-order valence-corrected chi connectivity index (χ0v) is 15.1. The van der Waals surface area contributed by atoms with Crippen LogP contribution in [0.25, 0.3) is 0 Å². The summed E-state index contributed by atoms with van der Waals surface area (Å²) in [5.74, 6) is 1.70. The van der Waals surface area contributed by atoms with Gasteiger partial charge in [-0.3, -0.25) is 0 Å². The number of aromatic nitrogens is 4. The molecule has 0 saturated carbocycles. The van der Waals surface area contributed by atoms with Gasteiger partial charge in [-0.05, 0) is 0 Å². The second-order valence-electron chi connectivity index (χ2n) is 6.14. The normalized spacial score (nSPS) is 19.7. The van der Waals surface area contributed by atoms with E-state index in [1.165, 1.54) is 16.8 Å². The number of imidazole rings is 1. The Balaban J connectivity index is 1.43. The number of hydrogen-bond donors (Lipinski definition) is 1. The zero-order valence-electron chi connectivity index (χ0n) is 14.3. The van der Waals surface area contributed by atoms with Crippen molar-refractivity contribution in [2.45, 2.75) is 5.03 Å². The first kappa shape index (κ1) is 17.2. The van der Waals surface area contributed by atoms with Crippen LogP contribution < -0.4 is 9.80 Å². The van der Waals surface area contributed by atoms with Gasteiger partial charge in [-0.15, -0.1) is 0 Å². The molecule has 2 aliphatic heterocycles. The quantitative estimate of drug-likeness (QED) is 0.761. The van der Waals surface area contributed by atoms with Gasteiger partial charge in [-0.1, -0.05) is 0 Å². The summed E-state index contributed by atoms with van der Waals surface area (Å²) in [5.41, 5.74) is 0. The van der Waals surface area contributed by atoms with E-state index < -0.39 is 10.0 Å². The van der Waals surface area contributed by atoms with Crippen molar-refractivity contribution in [1.29, 1.82) is 0 Å². The molecule has 10 nitrogen and oxygen atoms in total. The molecule has 0 atom stereocenters. The molecule has 1 N–H and O–H groups in total. The first-order valence-electron chi connectivity index (χ1n) is 8.53. The predicted molar refractivity (Wildman–Crippen MR) is 94.6 cm³/mol. The SMILES string of the molecule is O=S(=O)(c1cnc[nH]1)N1CCN(c2cc(N3CCOCC3)ncn2)CC1. The average Bonchev–Trinajstić information content (AvgIpc) is 3.25. The fourth-order valence-corrected chi connectivity index (χ4v) is 4.47. The lowest BCUT2D eigenvalue weighted by Gasteiger charge is -2.35. The lowest BCUT2D eigenvalue weighted by atomic mass is 10.3. The van der Waals surface area contributed by atoms with Crippen molar-refractivity contribution in [3.05, 3.63) is 24.9 Å². The van der Waals surface area contributed by atoms with Gasteiger partial charge in [0.2, 0.25) is 0 Å². The van der Waals surface area contributed by atoms with E-state index in [2.05, 4.69) is 29.7 Å². The van der Waals surface area contributed by atoms with Crippen molar-refractivity contribution in [2.75, 3.05) is 62.3 Å². The number of nitrogens with one attached hydrogen (secondary N) is 1. The topological polar surface area (TPSA) is 108 Å². The summed E-state index contributed by atoms with van der Waals surface area (Å²) in [6, 6.07) is 1.96. The molecule has 4 rings (SSSR count). The third kappa shape index (κ3) is 3.37. The highest BCUT2D eigenvalue weighted by molar-refractivity contribution is 7.89. The molecule has 26 heavy (non-hydrogen) atoms. The number of aromatic amines is 1. The van der Waals surface area contributed by atoms with Crippen LogP contribution in [0.15, 0.2) is 29.9 Å². The fourth-order valence-electron chi connectivity index (χ4n) is 3.16. The van der Waals surface area contributed by atoms with Crippen molar-refractivity contribution in [2.24, 2.45) is 0 Å². The molecule has 0 bridgehead atoms. The highest BCUT2D eigenvalue weighted by atomic mass is 32.2. The van der Waals surface area contributed by atoms with Gasteiger partial charge < -0.3 is 19.5 Å². The van der Waals surface area contributed by atoms with Gasteiger partial charge >= 0.3 is 0 Å². The van der Waals surface area contributed by atoms with E-state index in [1.807, 2.05) is 6.07 Å². The third-order valence-electron chi connectivity index (χ3n) is 4.63. The summed E-state index contributed by atoms with van der Waals surface area (Å²) in [5, 5.41) is 0.127. The van der Waals surface area contributed by atoms with Crippen LogP contribution in [-0.2, 0) is 14.8 Å². The molecule has 0 aromatic carbocycles. The van der Waals surface area contributed by atoms with Gasteiger partial charge in [0.25, 0.3) is 10.0 Å². The Morgan fingerprint density at radius 1 is 0.962 bits per heavy atom. The highest BCUT2D eigenvalue weighted by Crippen LogP contribution is 2.21. The molecular formula is C15H21N7O3S. The smallest absolute Gasteiger partial charge is 0.260 e. The molecule has 11 heteroatoms. The van der Waals surface area contributed by atoms with Gasteiger partial charge in [-0.25, -0.2) is 23.4 Å². The molecule has 0 unspecified atom stereocenters. The van der Waals surface area contributed by atoms with Crippen LogP contribution in [0.3, 0.4) is 0 Å². The minimum atomic E-state index is -3.52. The van der Waals surface area contributed by atoms with Crippen molar-refractivity contribution in [1.82, 2.24) is 24.2 Å². The van der Waals surface area contributed by atoms with Crippen molar-refractivity contribution in [3.8, 4) is 0 Å². The molecule has 2 aliphatic rings. The van der Waals surface area contributed by atoms with Crippen LogP contribution in [0.1, 0.15) is 0 Å². The van der Waals surface area contributed by atoms with Gasteiger partial charge in [0.15, 0.2) is 5.03 Å². The number of anilines is 2. The Morgan fingerprint density at radius 2 is 1.62 bits per heavy atom. The predicted octanol–water partition coefficient (Wildman–Crippen LogP) is -0.453. The maximum Gasteiger partial charge on any atom is 0.260 e. The lowest BCUT2D eigenvalue weighted by molar-refractivity contribution is 0.122. The number of H-pyrrole nitrogens is 1. The van der Waals surface area contributed by atoms with Crippen LogP contribution >= 0.6 is 0 Å². The summed E-state index contributed by atoms with van der Waals surface area (Å²) in [6.07, 6.45) is 4.27. The summed E-state index contributed by atoms with van der Waals surface area (Å²) < 4.78 is 31.9. The van der Waals surface area contributed by atoms with Crippen LogP contribution in [0, 0.1) is 0 Å². The Kier molecular flexibility index (Phi) is 4.74. The number of morpholine rings is 1. The number of hydrogen-bond acceptors (Lipinski definition) is 8. The van der Waals surface area contributed by atoms with E-state index in [1.54, 1.807) is 6.33 Å². The summed E-state index contributed by atoms with van der Waals surface area (Å²) in [7, 11) is -3.52. The first-order chi connectivity index (χ1) is 12.6. The molecule has 0 spiro atoms. The number of nitrogens with zero attached hydrogens (tertiary/aromatic N) is 6. The molecule has 0 radical (unpaired) electrons. The summed E-state index contributed by atoms with van der Waals surface area (Å²) in [4.78, 5) is 19.5. The Hall–Kier alpha value is -2.24. The van der Waals surface area contributed by atoms with Crippen LogP contribution in [0.5, 0.6) is 0 Å². The highest BCUT2D eigenvalue weighted by Gasteiger charge is 2.30. The molecule has 2 aromatic heterocycles. The van der Waals surface area contributed by atoms with Crippen molar-refractivity contribution >= 4 is 21.7 Å². The number of piperazine rings is 1. The fraction of sp³-hybridized carbons (Fsp3) is 0.533. The largest absolute Gasteiger partial charge is 0.378 e. The Morgan fingerprint density at radius 3 is 2.23 bits per heavy atom. The monoisotopic (exact) mass is 379 g/mol. The minimum absolute atomic E-state index is 0.127. The zero-order chi connectivity index (χ0) is 18.0. The maximum atomic E-state index is 12.5. The van der Waals surface area contributed by atoms with Gasteiger partial charge in [-0.2, -0.15) is 4.31 Å². The molecular weight excluding hydrogens is 358 g/mol. The molecule has 2 fully saturated rings. The Bertz CT molecular complexity index is 829. The van der Waals surface area contributed by atoms with E-state index in [4.69, 9.17) is 4.74 Å². The number of sulfonamides is 1. The maximum absolute atomic E-state index is 12.5. The summed E-state index contributed by atoms with van der Waals surface area (Å²) >= 11 is 0. The molecule has 2 aromatic rings. The first-order valence-corrected chi connectivity index (χ1v) is 9.97. The van der Waals surface area contributed by atoms with Crippen molar-refractivity contribution in [3.63, 3.8) is 0 Å². The van der Waals surface area contributed by atoms with Gasteiger partial charge in [0.1, 0.15) is 18.0 Å². The second-order valence-corrected chi connectivity index (χ2v) is 8.05. The lowest BCUT2D eigenvalue weighted by Crippen LogP contribution is -2.49. The minimum Gasteiger partial charge on any atom is -0.378 e.